The average Bonchev–Trinajstić information content (AvgIpc) is 2.73. The molecule has 0 radical (unpaired) electrons. The summed E-state index contributed by atoms with van der Waals surface area (Å²) in [5, 5.41) is 2.97. The van der Waals surface area contributed by atoms with Crippen LogP contribution in [0, 0.1) is 5.92 Å². The van der Waals surface area contributed by atoms with Gasteiger partial charge in [-0.25, -0.2) is 0 Å². The van der Waals surface area contributed by atoms with Crippen molar-refractivity contribution in [2.45, 2.75) is 33.1 Å². The third-order valence-electron chi connectivity index (χ3n) is 5.68. The topological polar surface area (TPSA) is 52.7 Å². The molecule has 2 aromatic carbocycles. The van der Waals surface area contributed by atoms with Crippen LogP contribution >= 0.6 is 0 Å². The Morgan fingerprint density at radius 2 is 1.63 bits per heavy atom. The zero-order chi connectivity index (χ0) is 21.7. The molecule has 1 fully saturated rings. The first-order chi connectivity index (χ1) is 14.3. The molecule has 0 bridgehead atoms. The Labute approximate surface area is 180 Å². The zero-order valence-corrected chi connectivity index (χ0v) is 18.5. The summed E-state index contributed by atoms with van der Waals surface area (Å²) in [4.78, 5) is 29.7. The molecule has 1 saturated heterocycles. The maximum atomic E-state index is 12.8. The Morgan fingerprint density at radius 1 is 0.967 bits per heavy atom. The van der Waals surface area contributed by atoms with E-state index in [2.05, 4.69) is 43.2 Å². The van der Waals surface area contributed by atoms with Gasteiger partial charge >= 0.3 is 0 Å². The highest BCUT2D eigenvalue weighted by Gasteiger charge is 2.21. The highest BCUT2D eigenvalue weighted by atomic mass is 16.2. The van der Waals surface area contributed by atoms with Crippen LogP contribution in [0.15, 0.2) is 48.5 Å². The first-order valence-corrected chi connectivity index (χ1v) is 10.8. The van der Waals surface area contributed by atoms with Crippen molar-refractivity contribution in [3.8, 4) is 0 Å². The second-order valence-corrected chi connectivity index (χ2v) is 8.73. The lowest BCUT2D eigenvalue weighted by Gasteiger charge is -2.32. The molecule has 1 atom stereocenters. The molecule has 0 aromatic heterocycles. The van der Waals surface area contributed by atoms with Gasteiger partial charge in [0.15, 0.2) is 0 Å². The van der Waals surface area contributed by atoms with Gasteiger partial charge in [-0.1, -0.05) is 44.2 Å². The van der Waals surface area contributed by atoms with Crippen LogP contribution in [0.1, 0.15) is 48.2 Å². The number of nitrogens with one attached hydrogen (secondary N) is 1. The highest BCUT2D eigenvalue weighted by Crippen LogP contribution is 2.21. The summed E-state index contributed by atoms with van der Waals surface area (Å²) in [7, 11) is 2.07. The fourth-order valence-corrected chi connectivity index (χ4v) is 3.74. The Bertz CT molecular complexity index is 868. The van der Waals surface area contributed by atoms with Gasteiger partial charge in [0.2, 0.25) is 5.91 Å². The summed E-state index contributed by atoms with van der Waals surface area (Å²) in [5.41, 5.74) is 3.55. The van der Waals surface area contributed by atoms with Crippen molar-refractivity contribution in [2.75, 3.05) is 38.5 Å². The number of amides is 2. The molecular formula is C25H33N3O2. The molecule has 30 heavy (non-hydrogen) atoms. The minimum absolute atomic E-state index is 0.0213. The standard InChI is InChI=1S/C25H33N3O2/c1-18(2)16-20-8-10-21(11-9-20)19(3)24(29)26-23-7-5-6-22(17-23)25(30)28-14-12-27(4)13-15-28/h5-11,17-19H,12-16H2,1-4H3,(H,26,29). The molecule has 2 aromatic rings. The molecule has 1 heterocycles. The van der Waals surface area contributed by atoms with Gasteiger partial charge in [-0.3, -0.25) is 9.59 Å². The lowest BCUT2D eigenvalue weighted by atomic mass is 9.96. The number of carbonyl (C=O) groups is 2. The van der Waals surface area contributed by atoms with Gasteiger partial charge in [-0.05, 0) is 55.6 Å². The normalized spacial score (nSPS) is 15.8. The number of carbonyl (C=O) groups excluding carboxylic acids is 2. The largest absolute Gasteiger partial charge is 0.336 e. The van der Waals surface area contributed by atoms with Crippen molar-refractivity contribution in [1.29, 1.82) is 0 Å². The van der Waals surface area contributed by atoms with Gasteiger partial charge in [0, 0.05) is 37.4 Å². The van der Waals surface area contributed by atoms with Crippen LogP contribution in [0.5, 0.6) is 0 Å². The van der Waals surface area contributed by atoms with E-state index in [1.165, 1.54) is 5.56 Å². The van der Waals surface area contributed by atoms with Crippen molar-refractivity contribution < 1.29 is 9.59 Å². The molecule has 1 unspecified atom stereocenters. The quantitative estimate of drug-likeness (QED) is 0.787. The maximum absolute atomic E-state index is 12.8. The molecular weight excluding hydrogens is 374 g/mol. The van der Waals surface area contributed by atoms with E-state index in [1.807, 2.05) is 42.2 Å². The first-order valence-electron chi connectivity index (χ1n) is 10.8. The molecule has 0 saturated carbocycles. The molecule has 0 spiro atoms. The van der Waals surface area contributed by atoms with E-state index >= 15 is 0 Å². The third kappa shape index (κ3) is 5.70. The number of anilines is 1. The van der Waals surface area contributed by atoms with E-state index in [9.17, 15) is 9.59 Å². The van der Waals surface area contributed by atoms with Crippen molar-refractivity contribution in [3.05, 3.63) is 65.2 Å². The van der Waals surface area contributed by atoms with E-state index in [1.54, 1.807) is 6.07 Å². The first kappa shape index (κ1) is 22.0. The van der Waals surface area contributed by atoms with Crippen molar-refractivity contribution in [1.82, 2.24) is 9.80 Å². The Morgan fingerprint density at radius 3 is 2.27 bits per heavy atom. The summed E-state index contributed by atoms with van der Waals surface area (Å²) in [5.74, 6) is 0.288. The Balaban J connectivity index is 1.63. The van der Waals surface area contributed by atoms with Crippen molar-refractivity contribution >= 4 is 17.5 Å². The monoisotopic (exact) mass is 407 g/mol. The summed E-state index contributed by atoms with van der Waals surface area (Å²) in [6.07, 6.45) is 1.04. The minimum Gasteiger partial charge on any atom is -0.336 e. The maximum Gasteiger partial charge on any atom is 0.254 e. The number of likely N-dealkylation sites (N-methyl/N-ethyl adjacent to an activating group) is 1. The number of rotatable bonds is 6. The van der Waals surface area contributed by atoms with Crippen LogP contribution in [-0.2, 0) is 11.2 Å². The van der Waals surface area contributed by atoms with Crippen molar-refractivity contribution in [3.63, 3.8) is 0 Å². The summed E-state index contributed by atoms with van der Waals surface area (Å²) in [6.45, 7) is 9.54. The zero-order valence-electron chi connectivity index (χ0n) is 18.5. The van der Waals surface area contributed by atoms with Gasteiger partial charge in [-0.2, -0.15) is 0 Å². The van der Waals surface area contributed by atoms with Crippen LogP contribution in [-0.4, -0.2) is 54.8 Å². The minimum atomic E-state index is -0.268. The van der Waals surface area contributed by atoms with Gasteiger partial charge in [0.25, 0.3) is 5.91 Å². The highest BCUT2D eigenvalue weighted by molar-refractivity contribution is 5.99. The number of hydrogen-bond donors (Lipinski definition) is 1. The molecule has 5 heteroatoms. The van der Waals surface area contributed by atoms with Gasteiger partial charge in [-0.15, -0.1) is 0 Å². The van der Waals surface area contributed by atoms with E-state index in [0.29, 0.717) is 17.2 Å². The third-order valence-corrected chi connectivity index (χ3v) is 5.68. The van der Waals surface area contributed by atoms with Crippen LogP contribution in [0.4, 0.5) is 5.69 Å². The summed E-state index contributed by atoms with van der Waals surface area (Å²) >= 11 is 0. The molecule has 160 valence electrons. The van der Waals surface area contributed by atoms with Crippen LogP contribution in [0.3, 0.4) is 0 Å². The van der Waals surface area contributed by atoms with Gasteiger partial charge in [0.05, 0.1) is 5.92 Å². The average molecular weight is 408 g/mol. The molecule has 3 rings (SSSR count). The van der Waals surface area contributed by atoms with Crippen LogP contribution in [0.2, 0.25) is 0 Å². The Kier molecular flexibility index (Phi) is 7.27. The molecule has 2 amide bonds. The molecule has 1 aliphatic heterocycles. The van der Waals surface area contributed by atoms with Crippen LogP contribution in [0.25, 0.3) is 0 Å². The smallest absolute Gasteiger partial charge is 0.254 e. The van der Waals surface area contributed by atoms with E-state index in [4.69, 9.17) is 0 Å². The van der Waals surface area contributed by atoms with E-state index in [-0.39, 0.29) is 17.7 Å². The molecule has 1 N–H and O–H groups in total. The predicted molar refractivity (Wildman–Crippen MR) is 122 cm³/mol. The summed E-state index contributed by atoms with van der Waals surface area (Å²) < 4.78 is 0. The number of nitrogens with zero attached hydrogens (tertiary/aromatic N) is 2. The van der Waals surface area contributed by atoms with Gasteiger partial charge < -0.3 is 15.1 Å². The number of benzene rings is 2. The van der Waals surface area contributed by atoms with E-state index < -0.39 is 0 Å². The lowest BCUT2D eigenvalue weighted by Crippen LogP contribution is -2.47. The SMILES string of the molecule is CC(C)Cc1ccc(C(C)C(=O)Nc2cccc(C(=O)N3CCN(C)CC3)c2)cc1. The van der Waals surface area contributed by atoms with E-state index in [0.717, 1.165) is 38.2 Å². The number of piperazine rings is 1. The Hall–Kier alpha value is -2.66. The predicted octanol–water partition coefficient (Wildman–Crippen LogP) is 4.01. The van der Waals surface area contributed by atoms with Crippen LogP contribution < -0.4 is 5.32 Å². The summed E-state index contributed by atoms with van der Waals surface area (Å²) in [6, 6.07) is 15.5. The van der Waals surface area contributed by atoms with Crippen molar-refractivity contribution in [2.24, 2.45) is 5.92 Å². The second-order valence-electron chi connectivity index (χ2n) is 8.73. The second kappa shape index (κ2) is 9.90. The van der Waals surface area contributed by atoms with Gasteiger partial charge in [0.1, 0.15) is 0 Å². The lowest BCUT2D eigenvalue weighted by molar-refractivity contribution is -0.117. The number of hydrogen-bond acceptors (Lipinski definition) is 3. The molecule has 0 aliphatic carbocycles. The molecule has 1 aliphatic rings. The fourth-order valence-electron chi connectivity index (χ4n) is 3.74. The molecule has 5 nitrogen and oxygen atoms in total. The fraction of sp³-hybridized carbons (Fsp3) is 0.440.